The molecule has 28 heavy (non-hydrogen) atoms. The molecule has 1 atom stereocenters. The van der Waals surface area contributed by atoms with Crippen LogP contribution in [-0.2, 0) is 0 Å². The molecular weight excluding hydrogens is 350 g/mol. The first-order valence-electron chi connectivity index (χ1n) is 10.3. The van der Waals surface area contributed by atoms with Crippen LogP contribution in [0.5, 0.6) is 0 Å². The molecule has 3 rings (SSSR count). The number of carbonyl (C=O) groups excluding carboxylic acids is 1. The number of carbonyl (C=O) groups is 1. The van der Waals surface area contributed by atoms with Crippen molar-refractivity contribution in [2.75, 3.05) is 19.6 Å². The highest BCUT2D eigenvalue weighted by molar-refractivity contribution is 5.95. The molecule has 1 amide bonds. The van der Waals surface area contributed by atoms with Gasteiger partial charge < -0.3 is 5.32 Å². The van der Waals surface area contributed by atoms with E-state index in [0.717, 1.165) is 37.2 Å². The second-order valence-corrected chi connectivity index (χ2v) is 7.93. The van der Waals surface area contributed by atoms with Crippen LogP contribution in [0.25, 0.3) is 5.69 Å². The highest BCUT2D eigenvalue weighted by Crippen LogP contribution is 2.18. The molecule has 0 bridgehead atoms. The molecule has 1 aromatic heterocycles. The van der Waals surface area contributed by atoms with Crippen LogP contribution in [0, 0.1) is 6.92 Å². The first-order chi connectivity index (χ1) is 13.4. The maximum atomic E-state index is 13.1. The summed E-state index contributed by atoms with van der Waals surface area (Å²) < 4.78 is 1.57. The monoisotopic (exact) mass is 381 g/mol. The van der Waals surface area contributed by atoms with E-state index in [1.807, 2.05) is 31.2 Å². The third-order valence-corrected chi connectivity index (χ3v) is 5.75. The topological polar surface area (TPSA) is 54.3 Å². The number of aromatic nitrogens is 1. The van der Waals surface area contributed by atoms with E-state index in [0.29, 0.717) is 24.1 Å². The summed E-state index contributed by atoms with van der Waals surface area (Å²) in [4.78, 5) is 28.4. The van der Waals surface area contributed by atoms with Crippen LogP contribution < -0.4 is 10.9 Å². The van der Waals surface area contributed by atoms with Crippen LogP contribution in [0.1, 0.15) is 61.0 Å². The van der Waals surface area contributed by atoms with Gasteiger partial charge in [0.2, 0.25) is 0 Å². The lowest BCUT2D eigenvalue weighted by molar-refractivity contribution is 0.0939. The average Bonchev–Trinajstić information content (AvgIpc) is 3.14. The van der Waals surface area contributed by atoms with Crippen LogP contribution in [0.4, 0.5) is 0 Å². The number of likely N-dealkylation sites (N-methyl/N-ethyl adjacent to an activating group) is 1. The van der Waals surface area contributed by atoms with Crippen molar-refractivity contribution < 1.29 is 4.79 Å². The van der Waals surface area contributed by atoms with Gasteiger partial charge in [-0.2, -0.15) is 0 Å². The fraction of sp³-hybridized carbons (Fsp3) is 0.478. The standard InChI is InChI=1S/C23H31N3O2/c1-5-25-12-7-10-20(25)15-24-22(27)21-17(4)11-13-26(23(21)28)19-9-6-8-18(14-19)16(2)3/h6,8-9,11,13-14,16,20H,5,7,10,12,15H2,1-4H3,(H,24,27)/t20-/m0/s1. The summed E-state index contributed by atoms with van der Waals surface area (Å²) in [5, 5.41) is 3.00. The van der Waals surface area contributed by atoms with Crippen LogP contribution in [0.2, 0.25) is 0 Å². The van der Waals surface area contributed by atoms with E-state index < -0.39 is 0 Å². The van der Waals surface area contributed by atoms with Crippen molar-refractivity contribution in [3.63, 3.8) is 0 Å². The second kappa shape index (κ2) is 8.74. The molecule has 0 saturated carbocycles. The zero-order valence-corrected chi connectivity index (χ0v) is 17.4. The lowest BCUT2D eigenvalue weighted by Gasteiger charge is -2.23. The number of pyridine rings is 1. The lowest BCUT2D eigenvalue weighted by Crippen LogP contribution is -2.42. The van der Waals surface area contributed by atoms with Crippen LogP contribution >= 0.6 is 0 Å². The number of hydrogen-bond acceptors (Lipinski definition) is 3. The molecule has 5 heteroatoms. The van der Waals surface area contributed by atoms with Gasteiger partial charge in [0.25, 0.3) is 11.5 Å². The summed E-state index contributed by atoms with van der Waals surface area (Å²) in [6, 6.07) is 10.1. The fourth-order valence-electron chi connectivity index (χ4n) is 3.98. The Labute approximate surface area is 167 Å². The van der Waals surface area contributed by atoms with Crippen molar-refractivity contribution in [3.8, 4) is 5.69 Å². The molecule has 1 fully saturated rings. The van der Waals surface area contributed by atoms with E-state index in [-0.39, 0.29) is 17.0 Å². The van der Waals surface area contributed by atoms with Gasteiger partial charge in [-0.25, -0.2) is 0 Å². The summed E-state index contributed by atoms with van der Waals surface area (Å²) in [6.45, 7) is 10.9. The Kier molecular flexibility index (Phi) is 6.35. The van der Waals surface area contributed by atoms with E-state index in [9.17, 15) is 9.59 Å². The Morgan fingerprint density at radius 1 is 1.29 bits per heavy atom. The minimum atomic E-state index is -0.278. The van der Waals surface area contributed by atoms with Gasteiger partial charge in [-0.1, -0.05) is 32.9 Å². The van der Waals surface area contributed by atoms with E-state index in [2.05, 4.69) is 37.1 Å². The van der Waals surface area contributed by atoms with Gasteiger partial charge in [-0.15, -0.1) is 0 Å². The molecule has 150 valence electrons. The van der Waals surface area contributed by atoms with Crippen LogP contribution in [0.3, 0.4) is 0 Å². The fourth-order valence-corrected chi connectivity index (χ4v) is 3.98. The maximum absolute atomic E-state index is 13.1. The van der Waals surface area contributed by atoms with Gasteiger partial charge >= 0.3 is 0 Å². The number of nitrogens with zero attached hydrogens (tertiary/aromatic N) is 2. The number of aryl methyl sites for hydroxylation is 1. The molecule has 1 N–H and O–H groups in total. The van der Waals surface area contributed by atoms with E-state index in [1.165, 1.54) is 0 Å². The lowest BCUT2D eigenvalue weighted by atomic mass is 10.0. The Balaban J connectivity index is 1.86. The van der Waals surface area contributed by atoms with Gasteiger partial charge in [0.05, 0.1) is 0 Å². The summed E-state index contributed by atoms with van der Waals surface area (Å²) >= 11 is 0. The first kappa shape index (κ1) is 20.3. The quantitative estimate of drug-likeness (QED) is 0.833. The number of amides is 1. The number of rotatable bonds is 6. The Hall–Kier alpha value is -2.40. The van der Waals surface area contributed by atoms with E-state index >= 15 is 0 Å². The van der Waals surface area contributed by atoms with Gasteiger partial charge in [0.15, 0.2) is 0 Å². The highest BCUT2D eigenvalue weighted by Gasteiger charge is 2.24. The molecule has 1 saturated heterocycles. The highest BCUT2D eigenvalue weighted by atomic mass is 16.2. The smallest absolute Gasteiger partial charge is 0.268 e. The molecule has 1 aromatic carbocycles. The van der Waals surface area contributed by atoms with Crippen molar-refractivity contribution in [2.24, 2.45) is 0 Å². The van der Waals surface area contributed by atoms with Crippen molar-refractivity contribution in [2.45, 2.75) is 52.5 Å². The molecule has 2 aromatic rings. The van der Waals surface area contributed by atoms with Gasteiger partial charge in [-0.3, -0.25) is 19.1 Å². The van der Waals surface area contributed by atoms with E-state index in [1.54, 1.807) is 10.8 Å². The number of likely N-dealkylation sites (tertiary alicyclic amines) is 1. The van der Waals surface area contributed by atoms with Crippen molar-refractivity contribution >= 4 is 5.91 Å². The molecule has 0 spiro atoms. The Morgan fingerprint density at radius 3 is 2.79 bits per heavy atom. The predicted molar refractivity (Wildman–Crippen MR) is 113 cm³/mol. The molecule has 1 aliphatic rings. The predicted octanol–water partition coefficient (Wildman–Crippen LogP) is 3.48. The normalized spacial score (nSPS) is 17.2. The minimum Gasteiger partial charge on any atom is -0.350 e. The SMILES string of the molecule is CCN1CCC[C@H]1CNC(=O)c1c(C)ccn(-c2cccc(C(C)C)c2)c1=O. The summed E-state index contributed by atoms with van der Waals surface area (Å²) in [6.07, 6.45) is 4.01. The average molecular weight is 382 g/mol. The number of nitrogens with one attached hydrogen (secondary N) is 1. The molecule has 0 unspecified atom stereocenters. The van der Waals surface area contributed by atoms with Crippen LogP contribution in [0.15, 0.2) is 41.3 Å². The molecule has 0 radical (unpaired) electrons. The third kappa shape index (κ3) is 4.20. The summed E-state index contributed by atoms with van der Waals surface area (Å²) in [5.41, 5.74) is 2.63. The molecule has 5 nitrogen and oxygen atoms in total. The van der Waals surface area contributed by atoms with Gasteiger partial charge in [-0.05, 0) is 68.1 Å². The van der Waals surface area contributed by atoms with Crippen molar-refractivity contribution in [1.82, 2.24) is 14.8 Å². The number of hydrogen-bond donors (Lipinski definition) is 1. The third-order valence-electron chi connectivity index (χ3n) is 5.75. The van der Waals surface area contributed by atoms with Crippen molar-refractivity contribution in [3.05, 3.63) is 63.6 Å². The van der Waals surface area contributed by atoms with Crippen LogP contribution in [-0.4, -0.2) is 41.1 Å². The van der Waals surface area contributed by atoms with E-state index in [4.69, 9.17) is 0 Å². The van der Waals surface area contributed by atoms with Gasteiger partial charge in [0.1, 0.15) is 5.56 Å². The van der Waals surface area contributed by atoms with Crippen molar-refractivity contribution in [1.29, 1.82) is 0 Å². The zero-order chi connectivity index (χ0) is 20.3. The molecular formula is C23H31N3O2. The number of benzene rings is 1. The summed E-state index contributed by atoms with van der Waals surface area (Å²) in [5.74, 6) is 0.0941. The Morgan fingerprint density at radius 2 is 2.07 bits per heavy atom. The molecule has 2 heterocycles. The largest absolute Gasteiger partial charge is 0.350 e. The molecule has 1 aliphatic heterocycles. The van der Waals surface area contributed by atoms with Gasteiger partial charge in [0, 0.05) is 24.5 Å². The Bertz CT molecular complexity index is 901. The second-order valence-electron chi connectivity index (χ2n) is 7.93. The molecule has 0 aliphatic carbocycles. The first-order valence-corrected chi connectivity index (χ1v) is 10.3. The summed E-state index contributed by atoms with van der Waals surface area (Å²) in [7, 11) is 0. The minimum absolute atomic E-state index is 0.235. The maximum Gasteiger partial charge on any atom is 0.268 e. The zero-order valence-electron chi connectivity index (χ0n) is 17.4.